The predicted octanol–water partition coefficient (Wildman–Crippen LogP) is 1.57. The van der Waals surface area contributed by atoms with Crippen molar-refractivity contribution < 1.29 is 20.1 Å². The van der Waals surface area contributed by atoms with Crippen LogP contribution in [-0.2, 0) is 4.79 Å². The Bertz CT molecular complexity index is 469. The minimum Gasteiger partial charge on any atom is -0.478 e. The van der Waals surface area contributed by atoms with Crippen LogP contribution in [0.3, 0.4) is 0 Å². The highest BCUT2D eigenvalue weighted by Gasteiger charge is 2.60. The van der Waals surface area contributed by atoms with Crippen molar-refractivity contribution in [2.45, 2.75) is 45.6 Å². The van der Waals surface area contributed by atoms with Crippen LogP contribution in [0.15, 0.2) is 11.1 Å². The van der Waals surface area contributed by atoms with Crippen molar-refractivity contribution in [3.05, 3.63) is 11.1 Å². The fraction of sp³-hybridized carbons (Fsp3) is 0.800. The molecule has 3 aliphatic carbocycles. The molecule has 2 saturated carbocycles. The lowest BCUT2D eigenvalue weighted by Gasteiger charge is -2.54. The Balaban J connectivity index is 2.04. The highest BCUT2D eigenvalue weighted by Crippen LogP contribution is 2.66. The van der Waals surface area contributed by atoms with E-state index in [1.165, 1.54) is 0 Å². The van der Waals surface area contributed by atoms with E-state index in [1.807, 2.05) is 6.92 Å². The van der Waals surface area contributed by atoms with Crippen molar-refractivity contribution in [2.75, 3.05) is 6.61 Å². The van der Waals surface area contributed by atoms with Crippen molar-refractivity contribution in [1.82, 2.24) is 0 Å². The van der Waals surface area contributed by atoms with Crippen LogP contribution >= 0.6 is 0 Å². The summed E-state index contributed by atoms with van der Waals surface area (Å²) in [5.74, 6) is -0.673. The monoisotopic (exact) mass is 266 g/mol. The zero-order chi connectivity index (χ0) is 14.0. The van der Waals surface area contributed by atoms with Crippen LogP contribution in [0.5, 0.6) is 0 Å². The quantitative estimate of drug-likeness (QED) is 0.709. The molecule has 0 radical (unpaired) electrons. The maximum Gasteiger partial charge on any atom is 0.334 e. The number of carboxylic acids is 1. The highest BCUT2D eigenvalue weighted by molar-refractivity contribution is 5.90. The fourth-order valence-corrected chi connectivity index (χ4v) is 4.78. The van der Waals surface area contributed by atoms with Crippen molar-refractivity contribution in [3.8, 4) is 0 Å². The first-order valence-corrected chi connectivity index (χ1v) is 7.08. The lowest BCUT2D eigenvalue weighted by atomic mass is 9.51. The SMILES string of the molecule is C[C@]1(CO)C[C@H]2[C@H](O)C(C(=O)O)=C3CC[C@]3(C)[C@H]2C1. The van der Waals surface area contributed by atoms with E-state index in [1.54, 1.807) is 0 Å². The van der Waals surface area contributed by atoms with Gasteiger partial charge in [0.15, 0.2) is 0 Å². The molecule has 0 amide bonds. The van der Waals surface area contributed by atoms with Gasteiger partial charge in [0.2, 0.25) is 0 Å². The summed E-state index contributed by atoms with van der Waals surface area (Å²) in [5, 5.41) is 29.4. The van der Waals surface area contributed by atoms with E-state index in [4.69, 9.17) is 0 Å². The number of hydrogen-bond acceptors (Lipinski definition) is 3. The second-order valence-corrected chi connectivity index (χ2v) is 7.21. The van der Waals surface area contributed by atoms with Gasteiger partial charge in [0.05, 0.1) is 11.7 Å². The zero-order valence-electron chi connectivity index (χ0n) is 11.5. The predicted molar refractivity (Wildman–Crippen MR) is 69.4 cm³/mol. The fourth-order valence-electron chi connectivity index (χ4n) is 4.78. The van der Waals surface area contributed by atoms with Crippen LogP contribution in [0.1, 0.15) is 39.5 Å². The van der Waals surface area contributed by atoms with Gasteiger partial charge in [-0.2, -0.15) is 0 Å². The van der Waals surface area contributed by atoms with Crippen LogP contribution in [0.2, 0.25) is 0 Å². The third-order valence-electron chi connectivity index (χ3n) is 6.00. The van der Waals surface area contributed by atoms with E-state index in [9.17, 15) is 20.1 Å². The number of allylic oxidation sites excluding steroid dienone is 1. The van der Waals surface area contributed by atoms with E-state index < -0.39 is 12.1 Å². The van der Waals surface area contributed by atoms with Gasteiger partial charge < -0.3 is 15.3 Å². The Morgan fingerprint density at radius 2 is 2.05 bits per heavy atom. The van der Waals surface area contributed by atoms with Crippen LogP contribution in [0.4, 0.5) is 0 Å². The standard InChI is InChI=1S/C15H22O4/c1-14(7-16)5-8-10(6-14)15(2)4-3-9(15)11(12(8)17)13(18)19/h8,10,12,16-17H,3-7H2,1-2H3,(H,18,19)/t8-,10+,12+,14+,15+/m1/s1. The van der Waals surface area contributed by atoms with Crippen LogP contribution in [-0.4, -0.2) is 34.0 Å². The summed E-state index contributed by atoms with van der Waals surface area (Å²) in [6.45, 7) is 4.29. The molecule has 5 atom stereocenters. The molecule has 3 N–H and O–H groups in total. The van der Waals surface area contributed by atoms with Gasteiger partial charge in [-0.15, -0.1) is 0 Å². The molecule has 0 bridgehead atoms. The van der Waals surface area contributed by atoms with E-state index in [2.05, 4.69) is 6.92 Å². The first-order chi connectivity index (χ1) is 8.82. The number of carbonyl (C=O) groups is 1. The zero-order valence-corrected chi connectivity index (χ0v) is 11.5. The van der Waals surface area contributed by atoms with Gasteiger partial charge in [0.25, 0.3) is 0 Å². The molecular weight excluding hydrogens is 244 g/mol. The first-order valence-electron chi connectivity index (χ1n) is 7.08. The van der Waals surface area contributed by atoms with Crippen molar-refractivity contribution in [2.24, 2.45) is 22.7 Å². The summed E-state index contributed by atoms with van der Waals surface area (Å²) in [6.07, 6.45) is 2.55. The molecule has 4 heteroatoms. The normalized spacial score (nSPS) is 48.5. The van der Waals surface area contributed by atoms with E-state index in [0.717, 1.165) is 31.3 Å². The van der Waals surface area contributed by atoms with Crippen LogP contribution in [0, 0.1) is 22.7 Å². The molecule has 19 heavy (non-hydrogen) atoms. The number of rotatable bonds is 2. The number of aliphatic hydroxyl groups is 2. The average Bonchev–Trinajstić information content (AvgIpc) is 2.70. The summed E-state index contributed by atoms with van der Waals surface area (Å²) < 4.78 is 0. The molecule has 3 aliphatic rings. The topological polar surface area (TPSA) is 77.8 Å². The highest BCUT2D eigenvalue weighted by atomic mass is 16.4. The molecule has 0 spiro atoms. The third-order valence-corrected chi connectivity index (χ3v) is 6.00. The summed E-state index contributed by atoms with van der Waals surface area (Å²) in [7, 11) is 0. The van der Waals surface area contributed by atoms with Crippen molar-refractivity contribution in [1.29, 1.82) is 0 Å². The molecular formula is C15H22O4. The smallest absolute Gasteiger partial charge is 0.334 e. The maximum absolute atomic E-state index is 11.4. The molecule has 4 nitrogen and oxygen atoms in total. The number of aliphatic carboxylic acids is 1. The summed E-state index contributed by atoms with van der Waals surface area (Å²) >= 11 is 0. The van der Waals surface area contributed by atoms with Gasteiger partial charge in [-0.25, -0.2) is 4.79 Å². The number of carboxylic acid groups (broad SMARTS) is 1. The first kappa shape index (κ1) is 13.1. The largest absolute Gasteiger partial charge is 0.478 e. The Morgan fingerprint density at radius 3 is 2.53 bits per heavy atom. The minimum absolute atomic E-state index is 0.0164. The van der Waals surface area contributed by atoms with Gasteiger partial charge in [-0.3, -0.25) is 0 Å². The van der Waals surface area contributed by atoms with E-state index in [0.29, 0.717) is 5.92 Å². The lowest BCUT2D eigenvalue weighted by Crippen LogP contribution is -2.49. The maximum atomic E-state index is 11.4. The van der Waals surface area contributed by atoms with Gasteiger partial charge in [0, 0.05) is 6.61 Å². The molecule has 0 saturated heterocycles. The Labute approximate surface area is 113 Å². The van der Waals surface area contributed by atoms with Crippen molar-refractivity contribution >= 4 is 5.97 Å². The molecule has 0 aliphatic heterocycles. The number of hydrogen-bond donors (Lipinski definition) is 3. The average molecular weight is 266 g/mol. The van der Waals surface area contributed by atoms with Gasteiger partial charge in [0.1, 0.15) is 0 Å². The Morgan fingerprint density at radius 1 is 1.37 bits per heavy atom. The summed E-state index contributed by atoms with van der Waals surface area (Å²) in [4.78, 5) is 11.4. The molecule has 0 aromatic heterocycles. The van der Waals surface area contributed by atoms with Gasteiger partial charge in [-0.1, -0.05) is 19.4 Å². The van der Waals surface area contributed by atoms with E-state index in [-0.39, 0.29) is 28.9 Å². The lowest BCUT2D eigenvalue weighted by molar-refractivity contribution is -0.135. The Hall–Kier alpha value is -0.870. The second kappa shape index (κ2) is 3.83. The molecule has 2 fully saturated rings. The van der Waals surface area contributed by atoms with Crippen LogP contribution in [0.25, 0.3) is 0 Å². The van der Waals surface area contributed by atoms with Gasteiger partial charge >= 0.3 is 5.97 Å². The molecule has 0 unspecified atom stereocenters. The number of aliphatic hydroxyl groups excluding tert-OH is 2. The third kappa shape index (κ3) is 1.56. The molecule has 0 heterocycles. The molecule has 0 aromatic rings. The molecule has 3 rings (SSSR count). The molecule has 0 aromatic carbocycles. The van der Waals surface area contributed by atoms with Crippen molar-refractivity contribution in [3.63, 3.8) is 0 Å². The Kier molecular flexibility index (Phi) is 2.64. The summed E-state index contributed by atoms with van der Waals surface area (Å²) in [5.41, 5.74) is 0.964. The second-order valence-electron chi connectivity index (χ2n) is 7.21. The van der Waals surface area contributed by atoms with Crippen LogP contribution < -0.4 is 0 Å². The van der Waals surface area contributed by atoms with Gasteiger partial charge in [-0.05, 0) is 48.3 Å². The summed E-state index contributed by atoms with van der Waals surface area (Å²) in [6, 6.07) is 0. The van der Waals surface area contributed by atoms with E-state index >= 15 is 0 Å². The minimum atomic E-state index is -0.968. The molecule has 106 valence electrons. The number of fused-ring (bicyclic) bond motifs is 3.